The van der Waals surface area contributed by atoms with Crippen molar-refractivity contribution < 1.29 is 9.90 Å². The van der Waals surface area contributed by atoms with Gasteiger partial charge in [-0.2, -0.15) is 0 Å². The molecule has 1 amide bonds. The van der Waals surface area contributed by atoms with Crippen molar-refractivity contribution in [1.29, 1.82) is 0 Å². The highest BCUT2D eigenvalue weighted by Gasteiger charge is 2.24. The van der Waals surface area contributed by atoms with E-state index in [1.54, 1.807) is 35.2 Å². The summed E-state index contributed by atoms with van der Waals surface area (Å²) >= 11 is 0. The number of nitrogens with one attached hydrogen (secondary N) is 1. The predicted molar refractivity (Wildman–Crippen MR) is 109 cm³/mol. The lowest BCUT2D eigenvalue weighted by atomic mass is 10.2. The van der Waals surface area contributed by atoms with E-state index in [4.69, 9.17) is 0 Å². The Kier molecular flexibility index (Phi) is 4.99. The van der Waals surface area contributed by atoms with Crippen LogP contribution in [0.15, 0.2) is 53.3 Å². The number of para-hydroxylation sites is 1. The smallest absolute Gasteiger partial charge is 0.270 e. The Morgan fingerprint density at radius 1 is 1.03 bits per heavy atom. The molecule has 1 fully saturated rings. The number of aromatic amines is 1. The summed E-state index contributed by atoms with van der Waals surface area (Å²) in [5, 5.41) is 10.1. The fourth-order valence-corrected chi connectivity index (χ4v) is 3.38. The highest BCUT2D eigenvalue weighted by molar-refractivity contribution is 5.92. The van der Waals surface area contributed by atoms with Crippen molar-refractivity contribution in [2.45, 2.75) is 6.92 Å². The SMILES string of the molecule is Cc1cc(N2CCN(C(=O)c3cccc(=O)[nH]3)CC2)nc(-c2ccccc2O)n1. The van der Waals surface area contributed by atoms with Gasteiger partial charge in [0.25, 0.3) is 5.91 Å². The normalized spacial score (nSPS) is 14.1. The summed E-state index contributed by atoms with van der Waals surface area (Å²) in [6.07, 6.45) is 0. The fraction of sp³-hybridized carbons (Fsp3) is 0.238. The number of amides is 1. The van der Waals surface area contributed by atoms with Crippen molar-refractivity contribution in [1.82, 2.24) is 19.9 Å². The van der Waals surface area contributed by atoms with E-state index in [0.29, 0.717) is 43.3 Å². The monoisotopic (exact) mass is 391 g/mol. The molecule has 0 atom stereocenters. The molecule has 3 heterocycles. The molecule has 8 nitrogen and oxygen atoms in total. The average molecular weight is 391 g/mol. The van der Waals surface area contributed by atoms with Crippen LogP contribution in [-0.2, 0) is 0 Å². The molecule has 3 aromatic rings. The van der Waals surface area contributed by atoms with Crippen LogP contribution in [-0.4, -0.2) is 57.0 Å². The van der Waals surface area contributed by atoms with Crippen LogP contribution in [0.2, 0.25) is 0 Å². The highest BCUT2D eigenvalue weighted by Crippen LogP contribution is 2.28. The Hall–Kier alpha value is -3.68. The number of anilines is 1. The summed E-state index contributed by atoms with van der Waals surface area (Å²) in [7, 11) is 0. The molecule has 29 heavy (non-hydrogen) atoms. The van der Waals surface area contributed by atoms with Crippen molar-refractivity contribution in [2.75, 3.05) is 31.1 Å². The lowest BCUT2D eigenvalue weighted by molar-refractivity contribution is 0.0740. The van der Waals surface area contributed by atoms with Gasteiger partial charge < -0.3 is 19.9 Å². The second kappa shape index (κ2) is 7.75. The number of phenols is 1. The highest BCUT2D eigenvalue weighted by atomic mass is 16.3. The number of aromatic hydroxyl groups is 1. The molecule has 0 unspecified atom stereocenters. The molecular weight excluding hydrogens is 370 g/mol. The number of pyridine rings is 1. The second-order valence-electron chi connectivity index (χ2n) is 6.92. The zero-order chi connectivity index (χ0) is 20.4. The third-order valence-corrected chi connectivity index (χ3v) is 4.88. The summed E-state index contributed by atoms with van der Waals surface area (Å²) in [5.74, 6) is 1.18. The van der Waals surface area contributed by atoms with E-state index in [-0.39, 0.29) is 17.2 Å². The molecule has 0 saturated carbocycles. The Balaban J connectivity index is 1.51. The number of aryl methyl sites for hydroxylation is 1. The predicted octanol–water partition coefficient (Wildman–Crippen LogP) is 1.81. The maximum Gasteiger partial charge on any atom is 0.270 e. The maximum absolute atomic E-state index is 12.6. The number of phenolic OH excluding ortho intramolecular Hbond substituents is 1. The summed E-state index contributed by atoms with van der Waals surface area (Å²) in [6.45, 7) is 4.15. The van der Waals surface area contributed by atoms with Gasteiger partial charge in [-0.15, -0.1) is 0 Å². The first-order valence-electron chi connectivity index (χ1n) is 9.39. The van der Waals surface area contributed by atoms with Gasteiger partial charge in [0.15, 0.2) is 5.82 Å². The first kappa shape index (κ1) is 18.7. The molecule has 1 aliphatic rings. The minimum Gasteiger partial charge on any atom is -0.507 e. The first-order chi connectivity index (χ1) is 14.0. The lowest BCUT2D eigenvalue weighted by Gasteiger charge is -2.35. The summed E-state index contributed by atoms with van der Waals surface area (Å²) in [5.41, 5.74) is 1.39. The topological polar surface area (TPSA) is 102 Å². The van der Waals surface area contributed by atoms with Crippen LogP contribution in [0.25, 0.3) is 11.4 Å². The largest absolute Gasteiger partial charge is 0.507 e. The van der Waals surface area contributed by atoms with Gasteiger partial charge in [-0.3, -0.25) is 9.59 Å². The lowest BCUT2D eigenvalue weighted by Crippen LogP contribution is -2.49. The second-order valence-corrected chi connectivity index (χ2v) is 6.92. The molecule has 1 aliphatic heterocycles. The number of aromatic nitrogens is 3. The van der Waals surface area contributed by atoms with Gasteiger partial charge >= 0.3 is 0 Å². The van der Waals surface area contributed by atoms with E-state index >= 15 is 0 Å². The molecule has 8 heteroatoms. The fourth-order valence-electron chi connectivity index (χ4n) is 3.38. The molecular formula is C21H21N5O3. The third kappa shape index (κ3) is 3.96. The van der Waals surface area contributed by atoms with E-state index in [9.17, 15) is 14.7 Å². The van der Waals surface area contributed by atoms with Crippen molar-refractivity contribution in [3.05, 3.63) is 70.3 Å². The van der Waals surface area contributed by atoms with Gasteiger partial charge in [0.05, 0.1) is 5.56 Å². The van der Waals surface area contributed by atoms with Crippen LogP contribution in [0.1, 0.15) is 16.2 Å². The molecule has 1 aromatic carbocycles. The minimum absolute atomic E-state index is 0.135. The molecule has 1 saturated heterocycles. The Bertz CT molecular complexity index is 1100. The number of hydrogen-bond acceptors (Lipinski definition) is 6. The molecule has 0 aliphatic carbocycles. The van der Waals surface area contributed by atoms with Crippen LogP contribution in [0.4, 0.5) is 5.82 Å². The molecule has 0 spiro atoms. The van der Waals surface area contributed by atoms with Gasteiger partial charge in [-0.05, 0) is 25.1 Å². The number of rotatable bonds is 3. The van der Waals surface area contributed by atoms with Gasteiger partial charge in [-0.1, -0.05) is 18.2 Å². The van der Waals surface area contributed by atoms with Crippen molar-refractivity contribution >= 4 is 11.7 Å². The van der Waals surface area contributed by atoms with Gasteiger partial charge in [0, 0.05) is 44.0 Å². The number of hydrogen-bond donors (Lipinski definition) is 2. The molecule has 2 N–H and O–H groups in total. The number of carbonyl (C=O) groups is 1. The van der Waals surface area contributed by atoms with Crippen LogP contribution in [0, 0.1) is 6.92 Å². The van der Waals surface area contributed by atoms with Crippen molar-refractivity contribution in [3.8, 4) is 17.1 Å². The van der Waals surface area contributed by atoms with Crippen molar-refractivity contribution in [3.63, 3.8) is 0 Å². The zero-order valence-electron chi connectivity index (χ0n) is 16.0. The van der Waals surface area contributed by atoms with Gasteiger partial charge in [-0.25, -0.2) is 9.97 Å². The van der Waals surface area contributed by atoms with E-state index in [0.717, 1.165) is 11.5 Å². The average Bonchev–Trinajstić information content (AvgIpc) is 2.73. The van der Waals surface area contributed by atoms with Crippen molar-refractivity contribution in [2.24, 2.45) is 0 Å². The molecule has 0 radical (unpaired) electrons. The number of H-pyrrole nitrogens is 1. The third-order valence-electron chi connectivity index (χ3n) is 4.88. The zero-order valence-corrected chi connectivity index (χ0v) is 16.0. The van der Waals surface area contributed by atoms with Gasteiger partial charge in [0.1, 0.15) is 17.3 Å². The summed E-state index contributed by atoms with van der Waals surface area (Å²) in [4.78, 5) is 39.5. The number of nitrogens with zero attached hydrogens (tertiary/aromatic N) is 4. The van der Waals surface area contributed by atoms with Gasteiger partial charge in [0.2, 0.25) is 5.56 Å². The van der Waals surface area contributed by atoms with E-state index < -0.39 is 0 Å². The number of carbonyl (C=O) groups excluding carboxylic acids is 1. The van der Waals surface area contributed by atoms with E-state index in [1.807, 2.05) is 19.1 Å². The molecule has 2 aromatic heterocycles. The summed E-state index contributed by atoms with van der Waals surface area (Å²) < 4.78 is 0. The Morgan fingerprint density at radius 2 is 1.79 bits per heavy atom. The van der Waals surface area contributed by atoms with Crippen LogP contribution < -0.4 is 10.5 Å². The Labute approximate surface area is 167 Å². The Morgan fingerprint density at radius 3 is 2.52 bits per heavy atom. The number of benzene rings is 1. The van der Waals surface area contributed by atoms with E-state index in [2.05, 4.69) is 19.9 Å². The van der Waals surface area contributed by atoms with Crippen LogP contribution in [0.5, 0.6) is 5.75 Å². The van der Waals surface area contributed by atoms with Crippen LogP contribution >= 0.6 is 0 Å². The molecule has 0 bridgehead atoms. The van der Waals surface area contributed by atoms with E-state index in [1.165, 1.54) is 6.07 Å². The number of piperazine rings is 1. The standard InChI is InChI=1S/C21H21N5O3/c1-14-13-18(24-20(22-14)15-5-2-3-7-17(15)27)25-9-11-26(12-10-25)21(29)16-6-4-8-19(28)23-16/h2-8,13,27H,9-12H2,1H3,(H,23,28). The quantitative estimate of drug-likeness (QED) is 0.706. The maximum atomic E-state index is 12.6. The summed E-state index contributed by atoms with van der Waals surface area (Å²) in [6, 6.07) is 13.5. The molecule has 148 valence electrons. The van der Waals surface area contributed by atoms with Crippen LogP contribution in [0.3, 0.4) is 0 Å². The first-order valence-corrected chi connectivity index (χ1v) is 9.39. The minimum atomic E-state index is -0.289. The molecule has 4 rings (SSSR count).